The third-order valence-corrected chi connectivity index (χ3v) is 7.65. The first-order valence-corrected chi connectivity index (χ1v) is 15.2. The Morgan fingerprint density at radius 3 is 1.12 bits per heavy atom. The first-order chi connectivity index (χ1) is 16.1. The lowest BCUT2D eigenvalue weighted by Crippen LogP contribution is -2.60. The number of unbranched alkanes of at least 4 members (excludes halogenated alkanes) is 16. The molecule has 0 aromatic rings. The molecule has 0 aliphatic carbocycles. The molecule has 3 heteroatoms. The van der Waals surface area contributed by atoms with E-state index in [2.05, 4.69) is 27.7 Å². The molecule has 198 valence electrons. The molecule has 0 radical (unpaired) electrons. The summed E-state index contributed by atoms with van der Waals surface area (Å²) in [4.78, 5) is 12.4. The Hall–Kier alpha value is -0.570. The molecule has 1 atom stereocenters. The smallest absolute Gasteiger partial charge is 0.362 e. The van der Waals surface area contributed by atoms with Crippen LogP contribution in [0.1, 0.15) is 163 Å². The van der Waals surface area contributed by atoms with Gasteiger partial charge in [-0.1, -0.05) is 130 Å². The van der Waals surface area contributed by atoms with Crippen LogP contribution in [0, 0.1) is 0 Å². The number of quaternary nitrogens is 1. The Bertz CT molecular complexity index is 402. The monoisotopic (exact) mass is 468 g/mol. The maximum Gasteiger partial charge on any atom is 0.362 e. The van der Waals surface area contributed by atoms with Crippen molar-refractivity contribution in [2.45, 2.75) is 169 Å². The molecule has 0 saturated heterocycles. The van der Waals surface area contributed by atoms with Crippen molar-refractivity contribution in [1.29, 1.82) is 0 Å². The Morgan fingerprint density at radius 1 is 0.515 bits per heavy atom. The van der Waals surface area contributed by atoms with Crippen molar-refractivity contribution in [2.75, 3.05) is 19.6 Å². The van der Waals surface area contributed by atoms with E-state index in [0.717, 1.165) is 75.5 Å². The van der Waals surface area contributed by atoms with Gasteiger partial charge in [0.1, 0.15) is 0 Å². The van der Waals surface area contributed by atoms with E-state index in [0.29, 0.717) is 0 Å². The quantitative estimate of drug-likeness (QED) is 0.101. The molecule has 0 rings (SSSR count). The van der Waals surface area contributed by atoms with Gasteiger partial charge in [-0.2, -0.15) is 0 Å². The third-order valence-electron chi connectivity index (χ3n) is 7.65. The standard InChI is InChI=1S/C30H61NO2/c1-5-9-13-14-15-16-17-18-19-20-21-22-23-24-25-29(30(32)33)31(26-10-6-2,27-11-7-3)28-12-8-4/h29H,5-28H2,1-4H3/p+1. The zero-order chi connectivity index (χ0) is 24.6. The van der Waals surface area contributed by atoms with Gasteiger partial charge in [0, 0.05) is 6.42 Å². The zero-order valence-corrected chi connectivity index (χ0v) is 23.4. The van der Waals surface area contributed by atoms with Crippen molar-refractivity contribution in [2.24, 2.45) is 0 Å². The summed E-state index contributed by atoms with van der Waals surface area (Å²) in [5.74, 6) is -0.548. The van der Waals surface area contributed by atoms with Crippen LogP contribution in [0.2, 0.25) is 0 Å². The van der Waals surface area contributed by atoms with E-state index in [1.807, 2.05) is 0 Å². The Labute approximate surface area is 208 Å². The molecular weight excluding hydrogens is 406 g/mol. The summed E-state index contributed by atoms with van der Waals surface area (Å²) in [6.45, 7) is 12.1. The minimum absolute atomic E-state index is 0.202. The highest BCUT2D eigenvalue weighted by Gasteiger charge is 2.40. The molecular formula is C30H62NO2+. The van der Waals surface area contributed by atoms with Crippen molar-refractivity contribution in [1.82, 2.24) is 0 Å². The lowest BCUT2D eigenvalue weighted by atomic mass is 9.99. The second-order valence-corrected chi connectivity index (χ2v) is 10.7. The Balaban J connectivity index is 4.28. The predicted molar refractivity (Wildman–Crippen MR) is 146 cm³/mol. The van der Waals surface area contributed by atoms with Gasteiger partial charge in [0.25, 0.3) is 0 Å². The van der Waals surface area contributed by atoms with E-state index in [4.69, 9.17) is 0 Å². The van der Waals surface area contributed by atoms with Gasteiger partial charge >= 0.3 is 5.97 Å². The van der Waals surface area contributed by atoms with Crippen LogP contribution < -0.4 is 0 Å². The molecule has 0 aliphatic heterocycles. The first kappa shape index (κ1) is 32.4. The third kappa shape index (κ3) is 16.7. The molecule has 0 aromatic heterocycles. The summed E-state index contributed by atoms with van der Waals surface area (Å²) >= 11 is 0. The molecule has 0 spiro atoms. The molecule has 33 heavy (non-hydrogen) atoms. The molecule has 0 heterocycles. The average molecular weight is 469 g/mol. The topological polar surface area (TPSA) is 37.3 Å². The van der Waals surface area contributed by atoms with E-state index >= 15 is 0 Å². The highest BCUT2D eigenvalue weighted by Crippen LogP contribution is 2.25. The van der Waals surface area contributed by atoms with Gasteiger partial charge < -0.3 is 9.59 Å². The number of carboxylic acids is 1. The van der Waals surface area contributed by atoms with Crippen LogP contribution in [0.5, 0.6) is 0 Å². The van der Waals surface area contributed by atoms with Crippen LogP contribution in [-0.2, 0) is 4.79 Å². The highest BCUT2D eigenvalue weighted by molar-refractivity contribution is 5.72. The number of nitrogens with zero attached hydrogens (tertiary/aromatic N) is 1. The summed E-state index contributed by atoms with van der Waals surface area (Å²) in [5.41, 5.74) is 0. The molecule has 1 N–H and O–H groups in total. The molecule has 1 unspecified atom stereocenters. The van der Waals surface area contributed by atoms with Gasteiger partial charge in [-0.15, -0.1) is 0 Å². The van der Waals surface area contributed by atoms with Crippen LogP contribution in [0.4, 0.5) is 0 Å². The minimum Gasteiger partial charge on any atom is -0.477 e. The summed E-state index contributed by atoms with van der Waals surface area (Å²) in [5, 5.41) is 10.2. The van der Waals surface area contributed by atoms with Crippen molar-refractivity contribution in [3.63, 3.8) is 0 Å². The summed E-state index contributed by atoms with van der Waals surface area (Å²) < 4.78 is 0.837. The van der Waals surface area contributed by atoms with Gasteiger partial charge in [0.05, 0.1) is 19.6 Å². The normalized spacial score (nSPS) is 12.8. The van der Waals surface area contributed by atoms with Crippen molar-refractivity contribution < 1.29 is 14.4 Å². The number of rotatable bonds is 26. The molecule has 0 aliphatic rings. The highest BCUT2D eigenvalue weighted by atomic mass is 16.4. The fraction of sp³-hybridized carbons (Fsp3) is 0.967. The van der Waals surface area contributed by atoms with Crippen molar-refractivity contribution >= 4 is 5.97 Å². The number of hydrogen-bond acceptors (Lipinski definition) is 1. The fourth-order valence-electron chi connectivity index (χ4n) is 5.39. The lowest BCUT2D eigenvalue weighted by molar-refractivity contribution is -0.944. The summed E-state index contributed by atoms with van der Waals surface area (Å²) in [6, 6.07) is -0.202. The predicted octanol–water partition coefficient (Wildman–Crippen LogP) is 9.53. The van der Waals surface area contributed by atoms with Gasteiger partial charge in [-0.05, 0) is 25.7 Å². The molecule has 3 nitrogen and oxygen atoms in total. The molecule has 0 amide bonds. The first-order valence-electron chi connectivity index (χ1n) is 15.2. The SMILES string of the molecule is CCCCCCCCCCCCCCCCC(C(=O)O)[N+](CCCC)(CCCC)CCCC. The van der Waals surface area contributed by atoms with E-state index in [1.54, 1.807) is 0 Å². The maximum atomic E-state index is 12.4. The number of carboxylic acid groups (broad SMARTS) is 1. The van der Waals surface area contributed by atoms with Gasteiger partial charge in [-0.25, -0.2) is 4.79 Å². The van der Waals surface area contributed by atoms with Gasteiger partial charge in [0.2, 0.25) is 0 Å². The molecule has 0 saturated carbocycles. The lowest BCUT2D eigenvalue weighted by Gasteiger charge is -2.43. The van der Waals surface area contributed by atoms with E-state index < -0.39 is 5.97 Å². The van der Waals surface area contributed by atoms with Crippen LogP contribution in [0.25, 0.3) is 0 Å². The van der Waals surface area contributed by atoms with E-state index in [1.165, 1.54) is 83.5 Å². The number of carbonyl (C=O) groups is 1. The average Bonchev–Trinajstić information content (AvgIpc) is 2.81. The summed E-state index contributed by atoms with van der Waals surface area (Å²) in [7, 11) is 0. The molecule has 0 aromatic carbocycles. The molecule has 0 bridgehead atoms. The fourth-order valence-corrected chi connectivity index (χ4v) is 5.39. The second-order valence-electron chi connectivity index (χ2n) is 10.7. The van der Waals surface area contributed by atoms with Gasteiger partial charge in [-0.3, -0.25) is 0 Å². The number of aliphatic carboxylic acids is 1. The Kier molecular flexibility index (Phi) is 22.8. The van der Waals surface area contributed by atoms with Gasteiger partial charge in [0.15, 0.2) is 6.04 Å². The largest absolute Gasteiger partial charge is 0.477 e. The second kappa shape index (κ2) is 23.2. The van der Waals surface area contributed by atoms with Crippen molar-refractivity contribution in [3.05, 3.63) is 0 Å². The molecule has 0 fully saturated rings. The van der Waals surface area contributed by atoms with Crippen molar-refractivity contribution in [3.8, 4) is 0 Å². The van der Waals surface area contributed by atoms with Crippen LogP contribution in [-0.4, -0.2) is 41.2 Å². The van der Waals surface area contributed by atoms with Crippen LogP contribution >= 0.6 is 0 Å². The Morgan fingerprint density at radius 2 is 0.818 bits per heavy atom. The summed E-state index contributed by atoms with van der Waals surface area (Å²) in [6.07, 6.45) is 26.7. The number of hydrogen-bond donors (Lipinski definition) is 1. The van der Waals surface area contributed by atoms with Crippen LogP contribution in [0.3, 0.4) is 0 Å². The van der Waals surface area contributed by atoms with E-state index in [-0.39, 0.29) is 6.04 Å². The van der Waals surface area contributed by atoms with E-state index in [9.17, 15) is 9.90 Å². The van der Waals surface area contributed by atoms with Crippen LogP contribution in [0.15, 0.2) is 0 Å². The minimum atomic E-state index is -0.548. The maximum absolute atomic E-state index is 12.4. The zero-order valence-electron chi connectivity index (χ0n) is 23.4.